The molecule has 0 aliphatic carbocycles. The predicted octanol–water partition coefficient (Wildman–Crippen LogP) is 6.87. The first-order chi connectivity index (χ1) is 16.8. The highest BCUT2D eigenvalue weighted by atomic mass is 127. The van der Waals surface area contributed by atoms with E-state index >= 15 is 0 Å². The Labute approximate surface area is 223 Å². The summed E-state index contributed by atoms with van der Waals surface area (Å²) >= 11 is 3.63. The van der Waals surface area contributed by atoms with E-state index in [0.29, 0.717) is 5.69 Å². The minimum atomic E-state index is -3.68. The SMILES string of the molecule is Cc1ccc(S(=O)(=O)Nc2ccc(SC(C(=O)Nc3ccc(I)cc3)c3ccccc3)cc2)cc1. The van der Waals surface area contributed by atoms with Gasteiger partial charge >= 0.3 is 0 Å². The Morgan fingerprint density at radius 3 is 2.03 bits per heavy atom. The van der Waals surface area contributed by atoms with Crippen LogP contribution in [-0.2, 0) is 14.8 Å². The first-order valence-electron chi connectivity index (χ1n) is 10.8. The second kappa shape index (κ2) is 11.3. The molecule has 0 fully saturated rings. The summed E-state index contributed by atoms with van der Waals surface area (Å²) in [7, 11) is -3.68. The fourth-order valence-electron chi connectivity index (χ4n) is 3.31. The van der Waals surface area contributed by atoms with Gasteiger partial charge in [-0.3, -0.25) is 9.52 Å². The van der Waals surface area contributed by atoms with Crippen molar-refractivity contribution in [1.82, 2.24) is 0 Å². The smallest absolute Gasteiger partial charge is 0.261 e. The second-order valence-electron chi connectivity index (χ2n) is 7.85. The van der Waals surface area contributed by atoms with Gasteiger partial charge in [-0.1, -0.05) is 48.0 Å². The molecule has 0 aliphatic rings. The first-order valence-corrected chi connectivity index (χ1v) is 14.2. The third-order valence-corrected chi connectivity index (χ3v) is 8.53. The van der Waals surface area contributed by atoms with Crippen LogP contribution in [-0.4, -0.2) is 14.3 Å². The van der Waals surface area contributed by atoms with Crippen LogP contribution < -0.4 is 10.0 Å². The van der Waals surface area contributed by atoms with Crippen molar-refractivity contribution in [2.24, 2.45) is 0 Å². The van der Waals surface area contributed by atoms with Gasteiger partial charge in [0.15, 0.2) is 0 Å². The zero-order chi connectivity index (χ0) is 24.8. The van der Waals surface area contributed by atoms with Gasteiger partial charge in [-0.25, -0.2) is 8.42 Å². The molecular weight excluding hydrogens is 591 g/mol. The van der Waals surface area contributed by atoms with Crippen molar-refractivity contribution in [3.05, 3.63) is 118 Å². The molecule has 0 spiro atoms. The Morgan fingerprint density at radius 2 is 1.40 bits per heavy atom. The van der Waals surface area contributed by atoms with Crippen LogP contribution in [0.1, 0.15) is 16.4 Å². The third-order valence-electron chi connectivity index (χ3n) is 5.14. The molecule has 5 nitrogen and oxygen atoms in total. The van der Waals surface area contributed by atoms with Crippen molar-refractivity contribution in [3.63, 3.8) is 0 Å². The van der Waals surface area contributed by atoms with Crippen LogP contribution in [0.2, 0.25) is 0 Å². The molecule has 1 atom stereocenters. The van der Waals surface area contributed by atoms with E-state index in [-0.39, 0.29) is 10.8 Å². The van der Waals surface area contributed by atoms with E-state index in [9.17, 15) is 13.2 Å². The molecule has 0 radical (unpaired) electrons. The van der Waals surface area contributed by atoms with Gasteiger partial charge in [0.25, 0.3) is 10.0 Å². The molecule has 1 unspecified atom stereocenters. The zero-order valence-electron chi connectivity index (χ0n) is 18.8. The summed E-state index contributed by atoms with van der Waals surface area (Å²) in [6, 6.07) is 30.9. The number of carbonyl (C=O) groups excluding carboxylic acids is 1. The lowest BCUT2D eigenvalue weighted by molar-refractivity contribution is -0.115. The summed E-state index contributed by atoms with van der Waals surface area (Å²) in [6.45, 7) is 1.91. The van der Waals surface area contributed by atoms with E-state index in [0.717, 1.165) is 25.3 Å². The summed E-state index contributed by atoms with van der Waals surface area (Å²) in [4.78, 5) is 14.3. The molecule has 0 bridgehead atoms. The van der Waals surface area contributed by atoms with Gasteiger partial charge in [-0.2, -0.15) is 0 Å². The standard InChI is InChI=1S/C27H23IN2O3S2/c1-19-7-17-25(18-8-19)35(32,33)30-23-13-15-24(16-14-23)34-26(20-5-3-2-4-6-20)27(31)29-22-11-9-21(28)10-12-22/h2-18,26,30H,1H3,(H,29,31). The summed E-state index contributed by atoms with van der Waals surface area (Å²) < 4.78 is 29.0. The molecule has 0 saturated heterocycles. The number of benzene rings is 4. The number of hydrogen-bond acceptors (Lipinski definition) is 4. The van der Waals surface area contributed by atoms with Crippen molar-refractivity contribution in [1.29, 1.82) is 0 Å². The molecule has 0 aliphatic heterocycles. The molecule has 0 saturated carbocycles. The number of carbonyl (C=O) groups is 1. The molecule has 4 aromatic carbocycles. The van der Waals surface area contributed by atoms with Crippen molar-refractivity contribution < 1.29 is 13.2 Å². The largest absolute Gasteiger partial charge is 0.325 e. The summed E-state index contributed by atoms with van der Waals surface area (Å²) in [5.41, 5.74) is 3.06. The number of hydrogen-bond donors (Lipinski definition) is 2. The number of nitrogens with one attached hydrogen (secondary N) is 2. The zero-order valence-corrected chi connectivity index (χ0v) is 22.6. The molecule has 8 heteroatoms. The highest BCUT2D eigenvalue weighted by Gasteiger charge is 2.22. The van der Waals surface area contributed by atoms with Crippen LogP contribution in [0.5, 0.6) is 0 Å². The fraction of sp³-hybridized carbons (Fsp3) is 0.0741. The maximum Gasteiger partial charge on any atom is 0.261 e. The predicted molar refractivity (Wildman–Crippen MR) is 151 cm³/mol. The van der Waals surface area contributed by atoms with Crippen molar-refractivity contribution in [3.8, 4) is 0 Å². The summed E-state index contributed by atoms with van der Waals surface area (Å²) in [5, 5.41) is 2.52. The Balaban J connectivity index is 1.50. The van der Waals surface area contributed by atoms with Crippen molar-refractivity contribution in [2.45, 2.75) is 22.0 Å². The maximum absolute atomic E-state index is 13.2. The van der Waals surface area contributed by atoms with E-state index in [1.165, 1.54) is 11.8 Å². The van der Waals surface area contributed by atoms with E-state index in [2.05, 4.69) is 32.6 Å². The fourth-order valence-corrected chi connectivity index (χ4v) is 5.75. The minimum Gasteiger partial charge on any atom is -0.325 e. The van der Waals surface area contributed by atoms with Crippen LogP contribution in [0.15, 0.2) is 113 Å². The molecule has 4 rings (SSSR count). The van der Waals surface area contributed by atoms with Gasteiger partial charge in [0.05, 0.1) is 4.90 Å². The topological polar surface area (TPSA) is 75.3 Å². The van der Waals surface area contributed by atoms with Crippen LogP contribution in [0.25, 0.3) is 0 Å². The molecule has 178 valence electrons. The third kappa shape index (κ3) is 6.87. The van der Waals surface area contributed by atoms with E-state index in [1.54, 1.807) is 36.4 Å². The Bertz CT molecular complexity index is 1390. The van der Waals surface area contributed by atoms with E-state index in [4.69, 9.17) is 0 Å². The molecule has 0 heterocycles. The van der Waals surface area contributed by atoms with Crippen molar-refractivity contribution >= 4 is 61.7 Å². The number of amides is 1. The normalized spacial score (nSPS) is 12.1. The Morgan fingerprint density at radius 1 is 0.800 bits per heavy atom. The summed E-state index contributed by atoms with van der Waals surface area (Å²) in [5.74, 6) is -0.133. The van der Waals surface area contributed by atoms with Gasteiger partial charge in [0.2, 0.25) is 5.91 Å². The molecule has 1 amide bonds. The van der Waals surface area contributed by atoms with Gasteiger partial charge < -0.3 is 5.32 Å². The highest BCUT2D eigenvalue weighted by molar-refractivity contribution is 14.1. The number of thioether (sulfide) groups is 1. The number of aryl methyl sites for hydroxylation is 1. The second-order valence-corrected chi connectivity index (χ2v) is 12.0. The van der Waals surface area contributed by atoms with Gasteiger partial charge in [0.1, 0.15) is 5.25 Å². The quantitative estimate of drug-likeness (QED) is 0.168. The van der Waals surface area contributed by atoms with Crippen LogP contribution in [0, 0.1) is 10.5 Å². The number of halogens is 1. The highest BCUT2D eigenvalue weighted by Crippen LogP contribution is 2.37. The number of anilines is 2. The molecular formula is C27H23IN2O3S2. The maximum atomic E-state index is 13.2. The van der Waals surface area contributed by atoms with Crippen LogP contribution in [0.4, 0.5) is 11.4 Å². The lowest BCUT2D eigenvalue weighted by atomic mass is 10.1. The first kappa shape index (κ1) is 25.3. The molecule has 2 N–H and O–H groups in total. The molecule has 4 aromatic rings. The average molecular weight is 615 g/mol. The molecule has 0 aromatic heterocycles. The monoisotopic (exact) mass is 614 g/mol. The summed E-state index contributed by atoms with van der Waals surface area (Å²) in [6.07, 6.45) is 0. The average Bonchev–Trinajstić information content (AvgIpc) is 2.85. The number of sulfonamides is 1. The van der Waals surface area contributed by atoms with Gasteiger partial charge in [-0.05, 0) is 95.7 Å². The number of rotatable bonds is 8. The minimum absolute atomic E-state index is 0.133. The van der Waals surface area contributed by atoms with Gasteiger partial charge in [-0.15, -0.1) is 11.8 Å². The van der Waals surface area contributed by atoms with E-state index < -0.39 is 15.3 Å². The molecule has 35 heavy (non-hydrogen) atoms. The lowest BCUT2D eigenvalue weighted by Gasteiger charge is -2.17. The van der Waals surface area contributed by atoms with Crippen LogP contribution in [0.3, 0.4) is 0 Å². The van der Waals surface area contributed by atoms with Gasteiger partial charge in [0, 0.05) is 19.8 Å². The van der Waals surface area contributed by atoms with E-state index in [1.807, 2.05) is 73.7 Å². The lowest BCUT2D eigenvalue weighted by Crippen LogP contribution is -2.19. The van der Waals surface area contributed by atoms with Crippen molar-refractivity contribution in [2.75, 3.05) is 10.0 Å². The Hall–Kier alpha value is -2.82. The van der Waals surface area contributed by atoms with Crippen LogP contribution >= 0.6 is 34.4 Å². The Kier molecular flexibility index (Phi) is 8.15.